The average molecular weight is 361 g/mol. The Morgan fingerprint density at radius 3 is 2.85 bits per heavy atom. The van der Waals surface area contributed by atoms with Gasteiger partial charge in [0.25, 0.3) is 0 Å². The van der Waals surface area contributed by atoms with Crippen LogP contribution in [-0.4, -0.2) is 60.5 Å². The van der Waals surface area contributed by atoms with Gasteiger partial charge in [0.05, 0.1) is 12.5 Å². The first-order chi connectivity index (χ1) is 12.2. The highest BCUT2D eigenvalue weighted by molar-refractivity contribution is 5.88. The second kappa shape index (κ2) is 8.98. The third-order valence-corrected chi connectivity index (χ3v) is 4.17. The zero-order valence-corrected chi connectivity index (χ0v) is 16.3. The number of carbonyl (C=O) groups is 2. The highest BCUT2D eigenvalue weighted by Gasteiger charge is 2.33. The minimum absolute atomic E-state index is 0.0577. The van der Waals surface area contributed by atoms with E-state index in [1.165, 1.54) is 0 Å². The summed E-state index contributed by atoms with van der Waals surface area (Å²) in [5.41, 5.74) is 1.21. The molecule has 0 unspecified atom stereocenters. The molecule has 144 valence electrons. The van der Waals surface area contributed by atoms with Crippen LogP contribution in [0.4, 0.5) is 5.82 Å². The predicted molar refractivity (Wildman–Crippen MR) is 103 cm³/mol. The molecule has 2 amide bonds. The molecule has 3 N–H and O–H groups in total. The van der Waals surface area contributed by atoms with Gasteiger partial charge in [0, 0.05) is 38.9 Å². The molecule has 7 nitrogen and oxygen atoms in total. The van der Waals surface area contributed by atoms with E-state index >= 15 is 0 Å². The molecule has 0 saturated carbocycles. The molecule has 1 saturated heterocycles. The van der Waals surface area contributed by atoms with Crippen LogP contribution in [-0.2, 0) is 9.59 Å². The fourth-order valence-corrected chi connectivity index (χ4v) is 3.06. The van der Waals surface area contributed by atoms with E-state index in [1.54, 1.807) is 6.20 Å². The van der Waals surface area contributed by atoms with Crippen molar-refractivity contribution in [2.24, 2.45) is 5.41 Å². The molecule has 0 aromatic carbocycles. The minimum Gasteiger partial charge on any atom is -0.368 e. The molecule has 1 fully saturated rings. The van der Waals surface area contributed by atoms with Crippen molar-refractivity contribution in [2.75, 3.05) is 38.0 Å². The number of amides is 2. The minimum atomic E-state index is -0.394. The lowest BCUT2D eigenvalue weighted by molar-refractivity contribution is -0.134. The number of aryl methyl sites for hydroxylation is 1. The third-order valence-electron chi connectivity index (χ3n) is 4.17. The second-order valence-electron chi connectivity index (χ2n) is 8.04. The van der Waals surface area contributed by atoms with Crippen LogP contribution in [0.2, 0.25) is 0 Å². The van der Waals surface area contributed by atoms with Crippen LogP contribution in [0.15, 0.2) is 18.3 Å². The van der Waals surface area contributed by atoms with E-state index in [0.29, 0.717) is 19.6 Å². The molecule has 1 aromatic rings. The summed E-state index contributed by atoms with van der Waals surface area (Å²) < 4.78 is 0. The van der Waals surface area contributed by atoms with Crippen molar-refractivity contribution in [1.29, 1.82) is 0 Å². The standard InChI is InChI=1S/C19H31N5O2/c1-14-5-6-20-16(11-14)21-7-8-22-17(25)12-15-18(26)23-9-10-24(15)13-19(2,3)4/h5-6,11,15H,7-10,12-13H2,1-4H3,(H,20,21)(H,22,25)(H,23,26)/t15-/m0/s1. The Kier molecular flexibility index (Phi) is 6.97. The number of hydrogen-bond acceptors (Lipinski definition) is 5. The summed E-state index contributed by atoms with van der Waals surface area (Å²) in [6.07, 6.45) is 1.94. The smallest absolute Gasteiger partial charge is 0.237 e. The van der Waals surface area contributed by atoms with Crippen LogP contribution in [0.25, 0.3) is 0 Å². The number of anilines is 1. The monoisotopic (exact) mass is 361 g/mol. The van der Waals surface area contributed by atoms with Crippen LogP contribution in [0.1, 0.15) is 32.8 Å². The molecule has 1 aliphatic rings. The van der Waals surface area contributed by atoms with Gasteiger partial charge >= 0.3 is 0 Å². The van der Waals surface area contributed by atoms with Gasteiger partial charge in [0.1, 0.15) is 5.82 Å². The molecule has 1 aromatic heterocycles. The number of aromatic nitrogens is 1. The van der Waals surface area contributed by atoms with Crippen molar-refractivity contribution in [3.63, 3.8) is 0 Å². The van der Waals surface area contributed by atoms with Gasteiger partial charge in [-0.25, -0.2) is 4.98 Å². The SMILES string of the molecule is Cc1ccnc(NCCNC(=O)C[C@H]2C(=O)NCCN2CC(C)(C)C)c1. The first-order valence-electron chi connectivity index (χ1n) is 9.19. The number of nitrogens with one attached hydrogen (secondary N) is 3. The van der Waals surface area contributed by atoms with Crippen molar-refractivity contribution in [1.82, 2.24) is 20.5 Å². The first kappa shape index (κ1) is 20.2. The summed E-state index contributed by atoms with van der Waals surface area (Å²) in [5, 5.41) is 8.93. The normalized spacial score (nSPS) is 18.3. The number of rotatable bonds is 7. The van der Waals surface area contributed by atoms with Crippen molar-refractivity contribution in [2.45, 2.75) is 40.2 Å². The number of hydrogen-bond donors (Lipinski definition) is 3. The van der Waals surface area contributed by atoms with Crippen molar-refractivity contribution >= 4 is 17.6 Å². The van der Waals surface area contributed by atoms with Crippen LogP contribution in [0, 0.1) is 12.3 Å². The Labute approximate surface area is 155 Å². The molecule has 26 heavy (non-hydrogen) atoms. The van der Waals surface area contributed by atoms with Crippen LogP contribution in [0.5, 0.6) is 0 Å². The van der Waals surface area contributed by atoms with E-state index in [-0.39, 0.29) is 23.7 Å². The van der Waals surface area contributed by atoms with E-state index in [1.807, 2.05) is 19.1 Å². The lowest BCUT2D eigenvalue weighted by Gasteiger charge is -2.38. The Balaban J connectivity index is 1.78. The number of piperazine rings is 1. The predicted octanol–water partition coefficient (Wildman–Crippen LogP) is 1.15. The largest absolute Gasteiger partial charge is 0.368 e. The van der Waals surface area contributed by atoms with Crippen molar-refractivity contribution in [3.05, 3.63) is 23.9 Å². The Hall–Kier alpha value is -2.15. The lowest BCUT2D eigenvalue weighted by Crippen LogP contribution is -2.58. The third kappa shape index (κ3) is 6.63. The lowest BCUT2D eigenvalue weighted by atomic mass is 9.94. The molecular weight excluding hydrogens is 330 g/mol. The van der Waals surface area contributed by atoms with E-state index in [2.05, 4.69) is 46.6 Å². The first-order valence-corrected chi connectivity index (χ1v) is 9.19. The van der Waals surface area contributed by atoms with Gasteiger partial charge < -0.3 is 16.0 Å². The Bertz CT molecular complexity index is 627. The maximum atomic E-state index is 12.3. The van der Waals surface area contributed by atoms with Gasteiger partial charge in [-0.1, -0.05) is 20.8 Å². The van der Waals surface area contributed by atoms with Crippen LogP contribution < -0.4 is 16.0 Å². The second-order valence-corrected chi connectivity index (χ2v) is 8.04. The summed E-state index contributed by atoms with van der Waals surface area (Å²) in [4.78, 5) is 30.8. The number of pyridine rings is 1. The Morgan fingerprint density at radius 1 is 1.38 bits per heavy atom. The number of nitrogens with zero attached hydrogens (tertiary/aromatic N) is 2. The molecule has 2 rings (SSSR count). The highest BCUT2D eigenvalue weighted by Crippen LogP contribution is 2.19. The Morgan fingerprint density at radius 2 is 2.15 bits per heavy atom. The average Bonchev–Trinajstić information content (AvgIpc) is 2.54. The molecule has 7 heteroatoms. The van der Waals surface area contributed by atoms with Crippen molar-refractivity contribution in [3.8, 4) is 0 Å². The summed E-state index contributed by atoms with van der Waals surface area (Å²) in [7, 11) is 0. The fourth-order valence-electron chi connectivity index (χ4n) is 3.06. The van der Waals surface area contributed by atoms with Gasteiger partial charge in [-0.3, -0.25) is 14.5 Å². The molecule has 0 radical (unpaired) electrons. The highest BCUT2D eigenvalue weighted by atomic mass is 16.2. The topological polar surface area (TPSA) is 86.4 Å². The molecule has 1 aliphatic heterocycles. The molecule has 0 bridgehead atoms. The van der Waals surface area contributed by atoms with E-state index in [4.69, 9.17) is 0 Å². The van der Waals surface area contributed by atoms with Crippen LogP contribution >= 0.6 is 0 Å². The fraction of sp³-hybridized carbons (Fsp3) is 0.632. The maximum absolute atomic E-state index is 12.3. The molecule has 2 heterocycles. The number of carbonyl (C=O) groups excluding carboxylic acids is 2. The summed E-state index contributed by atoms with van der Waals surface area (Å²) in [6, 6.07) is 3.50. The van der Waals surface area contributed by atoms with Gasteiger partial charge in [-0.15, -0.1) is 0 Å². The molecule has 0 aliphatic carbocycles. The van der Waals surface area contributed by atoms with E-state index in [9.17, 15) is 9.59 Å². The van der Waals surface area contributed by atoms with Gasteiger partial charge in [-0.2, -0.15) is 0 Å². The summed E-state index contributed by atoms with van der Waals surface area (Å²) >= 11 is 0. The maximum Gasteiger partial charge on any atom is 0.237 e. The molecular formula is C19H31N5O2. The molecule has 0 spiro atoms. The summed E-state index contributed by atoms with van der Waals surface area (Å²) in [5.74, 6) is 0.630. The van der Waals surface area contributed by atoms with Crippen molar-refractivity contribution < 1.29 is 9.59 Å². The van der Waals surface area contributed by atoms with Gasteiger partial charge in [0.15, 0.2) is 0 Å². The zero-order valence-electron chi connectivity index (χ0n) is 16.3. The van der Waals surface area contributed by atoms with E-state index < -0.39 is 6.04 Å². The summed E-state index contributed by atoms with van der Waals surface area (Å²) in [6.45, 7) is 11.7. The van der Waals surface area contributed by atoms with Gasteiger partial charge in [-0.05, 0) is 30.0 Å². The quantitative estimate of drug-likeness (QED) is 0.635. The van der Waals surface area contributed by atoms with Crippen LogP contribution in [0.3, 0.4) is 0 Å². The van der Waals surface area contributed by atoms with E-state index in [0.717, 1.165) is 24.5 Å². The zero-order chi connectivity index (χ0) is 19.2. The van der Waals surface area contributed by atoms with Gasteiger partial charge in [0.2, 0.25) is 11.8 Å². The molecule has 1 atom stereocenters.